The Bertz CT molecular complexity index is 566. The predicted octanol–water partition coefficient (Wildman–Crippen LogP) is 4.48. The highest BCUT2D eigenvalue weighted by Gasteiger charge is 2.20. The average molecular weight is 344 g/mol. The summed E-state index contributed by atoms with van der Waals surface area (Å²) in [5.74, 6) is 0. The van der Waals surface area contributed by atoms with Crippen LogP contribution in [0, 0.1) is 0 Å². The van der Waals surface area contributed by atoms with E-state index in [1.165, 1.54) is 17.7 Å². The molecular weight excluding hydrogens is 332 g/mol. The Balaban J connectivity index is 1.78. The van der Waals surface area contributed by atoms with Gasteiger partial charge in [-0.2, -0.15) is 0 Å². The minimum atomic E-state index is 0.729. The Morgan fingerprint density at radius 3 is 3.00 bits per heavy atom. The van der Waals surface area contributed by atoms with Gasteiger partial charge in [0.25, 0.3) is 0 Å². The van der Waals surface area contributed by atoms with E-state index >= 15 is 0 Å². The number of benzene rings is 1. The number of halogens is 2. The van der Waals surface area contributed by atoms with E-state index in [9.17, 15) is 0 Å². The molecule has 1 saturated carbocycles. The van der Waals surface area contributed by atoms with Crippen molar-refractivity contribution in [3.8, 4) is 10.6 Å². The topological polar surface area (TPSA) is 24.9 Å². The fourth-order valence-corrected chi connectivity index (χ4v) is 3.43. The first kappa shape index (κ1) is 12.6. The van der Waals surface area contributed by atoms with E-state index < -0.39 is 0 Å². The van der Waals surface area contributed by atoms with Gasteiger partial charge in [-0.15, -0.1) is 11.3 Å². The van der Waals surface area contributed by atoms with E-state index in [1.807, 2.05) is 24.4 Å². The molecule has 0 atom stereocenters. The molecule has 0 unspecified atom stereocenters. The van der Waals surface area contributed by atoms with Crippen LogP contribution in [0.2, 0.25) is 5.02 Å². The van der Waals surface area contributed by atoms with Crippen molar-refractivity contribution in [1.82, 2.24) is 10.3 Å². The normalized spacial score (nSPS) is 15.0. The molecule has 0 spiro atoms. The lowest BCUT2D eigenvalue weighted by Gasteiger charge is -2.00. The number of hydrogen-bond acceptors (Lipinski definition) is 3. The van der Waals surface area contributed by atoms with Crippen LogP contribution in [0.4, 0.5) is 0 Å². The first-order valence-corrected chi connectivity index (χ1v) is 7.84. The van der Waals surface area contributed by atoms with Crippen LogP contribution in [0.25, 0.3) is 10.6 Å². The molecular formula is C13H12BrClN2S. The van der Waals surface area contributed by atoms with E-state index in [1.54, 1.807) is 11.3 Å². The number of hydrogen-bond donors (Lipinski definition) is 1. The predicted molar refractivity (Wildman–Crippen MR) is 80.1 cm³/mol. The van der Waals surface area contributed by atoms with E-state index in [0.29, 0.717) is 0 Å². The van der Waals surface area contributed by atoms with Gasteiger partial charge in [-0.25, -0.2) is 4.98 Å². The second-order valence-corrected chi connectivity index (χ2v) is 6.85. The molecule has 1 aromatic carbocycles. The Hall–Kier alpha value is -0.420. The minimum Gasteiger partial charge on any atom is -0.309 e. The molecule has 94 valence electrons. The average Bonchev–Trinajstić information content (AvgIpc) is 3.05. The van der Waals surface area contributed by atoms with Gasteiger partial charge in [0.15, 0.2) is 0 Å². The van der Waals surface area contributed by atoms with Crippen LogP contribution in [-0.2, 0) is 6.54 Å². The number of thiazole rings is 1. The van der Waals surface area contributed by atoms with Crippen molar-refractivity contribution >= 4 is 38.9 Å². The maximum Gasteiger partial charge on any atom is 0.125 e. The molecule has 0 saturated heterocycles. The fraction of sp³-hybridized carbons (Fsp3) is 0.308. The molecule has 1 aliphatic rings. The second kappa shape index (κ2) is 5.29. The molecule has 5 heteroatoms. The van der Waals surface area contributed by atoms with Crippen molar-refractivity contribution in [2.45, 2.75) is 25.4 Å². The maximum absolute atomic E-state index is 6.23. The number of nitrogens with zero attached hydrogens (tertiary/aromatic N) is 1. The van der Waals surface area contributed by atoms with Crippen molar-refractivity contribution in [1.29, 1.82) is 0 Å². The summed E-state index contributed by atoms with van der Waals surface area (Å²) in [5.41, 5.74) is 1.00. The summed E-state index contributed by atoms with van der Waals surface area (Å²) in [5, 5.41) is 5.21. The molecule has 18 heavy (non-hydrogen) atoms. The molecule has 0 aliphatic heterocycles. The lowest BCUT2D eigenvalue weighted by molar-refractivity contribution is 0.694. The van der Waals surface area contributed by atoms with Gasteiger partial charge in [0.2, 0.25) is 0 Å². The summed E-state index contributed by atoms with van der Waals surface area (Å²) in [4.78, 5) is 5.71. The van der Waals surface area contributed by atoms with Crippen molar-refractivity contribution < 1.29 is 0 Å². The van der Waals surface area contributed by atoms with Crippen LogP contribution < -0.4 is 5.32 Å². The Morgan fingerprint density at radius 2 is 2.28 bits per heavy atom. The summed E-state index contributed by atoms with van der Waals surface area (Å²) in [6, 6.07) is 6.63. The van der Waals surface area contributed by atoms with Gasteiger partial charge in [-0.3, -0.25) is 0 Å². The smallest absolute Gasteiger partial charge is 0.125 e. The largest absolute Gasteiger partial charge is 0.309 e. The van der Waals surface area contributed by atoms with E-state index in [-0.39, 0.29) is 0 Å². The Kier molecular flexibility index (Phi) is 3.71. The van der Waals surface area contributed by atoms with Crippen molar-refractivity contribution in [3.63, 3.8) is 0 Å². The molecule has 2 nitrogen and oxygen atoms in total. The minimum absolute atomic E-state index is 0.729. The Labute approximate surface area is 124 Å². The molecule has 0 amide bonds. The van der Waals surface area contributed by atoms with Gasteiger partial charge in [0, 0.05) is 33.7 Å². The SMILES string of the molecule is Clc1cc(Br)ccc1-c1ncc(CNC2CC2)s1. The third-order valence-electron chi connectivity index (χ3n) is 2.86. The van der Waals surface area contributed by atoms with E-state index in [4.69, 9.17) is 11.6 Å². The highest BCUT2D eigenvalue weighted by Crippen LogP contribution is 2.33. The van der Waals surface area contributed by atoms with Crippen molar-refractivity contribution in [3.05, 3.63) is 38.8 Å². The van der Waals surface area contributed by atoms with E-state index in [2.05, 4.69) is 26.2 Å². The summed E-state index contributed by atoms with van der Waals surface area (Å²) >= 11 is 11.3. The first-order valence-electron chi connectivity index (χ1n) is 5.86. The summed E-state index contributed by atoms with van der Waals surface area (Å²) in [6.07, 6.45) is 4.56. The first-order chi connectivity index (χ1) is 8.72. The molecule has 3 rings (SSSR count). The van der Waals surface area contributed by atoms with Crippen LogP contribution in [0.1, 0.15) is 17.7 Å². The highest BCUT2D eigenvalue weighted by atomic mass is 79.9. The van der Waals surface area contributed by atoms with Crippen LogP contribution in [-0.4, -0.2) is 11.0 Å². The van der Waals surface area contributed by atoms with Crippen molar-refractivity contribution in [2.24, 2.45) is 0 Å². The number of rotatable bonds is 4. The summed E-state index contributed by atoms with van der Waals surface area (Å²) < 4.78 is 0.989. The van der Waals surface area contributed by atoms with Gasteiger partial charge < -0.3 is 5.32 Å². The van der Waals surface area contributed by atoms with Gasteiger partial charge in [-0.05, 0) is 31.0 Å². The van der Waals surface area contributed by atoms with Crippen LogP contribution in [0.5, 0.6) is 0 Å². The molecule has 1 heterocycles. The van der Waals surface area contributed by atoms with Crippen molar-refractivity contribution in [2.75, 3.05) is 0 Å². The third-order valence-corrected chi connectivity index (χ3v) is 4.69. The zero-order valence-corrected chi connectivity index (χ0v) is 12.8. The summed E-state index contributed by atoms with van der Waals surface area (Å²) in [6.45, 7) is 0.913. The van der Waals surface area contributed by atoms with Crippen LogP contribution >= 0.6 is 38.9 Å². The Morgan fingerprint density at radius 1 is 1.44 bits per heavy atom. The molecule has 1 fully saturated rings. The van der Waals surface area contributed by atoms with Gasteiger partial charge >= 0.3 is 0 Å². The van der Waals surface area contributed by atoms with E-state index in [0.717, 1.165) is 32.7 Å². The molecule has 2 aromatic rings. The summed E-state index contributed by atoms with van der Waals surface area (Å²) in [7, 11) is 0. The third kappa shape index (κ3) is 2.94. The molecule has 0 bridgehead atoms. The van der Waals surface area contributed by atoms with Crippen LogP contribution in [0.3, 0.4) is 0 Å². The lowest BCUT2D eigenvalue weighted by Crippen LogP contribution is -2.14. The highest BCUT2D eigenvalue weighted by molar-refractivity contribution is 9.10. The number of nitrogens with one attached hydrogen (secondary N) is 1. The zero-order chi connectivity index (χ0) is 12.5. The van der Waals surface area contributed by atoms with Gasteiger partial charge in [-0.1, -0.05) is 27.5 Å². The standard InChI is InChI=1S/C13H12BrClN2S/c14-8-1-4-11(12(15)5-8)13-17-7-10(18-13)6-16-9-2-3-9/h1,4-5,7,9,16H,2-3,6H2. The second-order valence-electron chi connectivity index (χ2n) is 4.41. The molecule has 1 aliphatic carbocycles. The fourth-order valence-electron chi connectivity index (χ4n) is 1.71. The zero-order valence-electron chi connectivity index (χ0n) is 9.62. The van der Waals surface area contributed by atoms with Gasteiger partial charge in [0.1, 0.15) is 5.01 Å². The monoisotopic (exact) mass is 342 g/mol. The molecule has 1 N–H and O–H groups in total. The quantitative estimate of drug-likeness (QED) is 0.885. The maximum atomic E-state index is 6.23. The molecule has 0 radical (unpaired) electrons. The number of aromatic nitrogens is 1. The lowest BCUT2D eigenvalue weighted by atomic mass is 10.2. The van der Waals surface area contributed by atoms with Crippen LogP contribution in [0.15, 0.2) is 28.9 Å². The molecule has 1 aromatic heterocycles. The van der Waals surface area contributed by atoms with Gasteiger partial charge in [0.05, 0.1) is 5.02 Å².